The molecule has 0 unspecified atom stereocenters. The Kier molecular flexibility index (Phi) is 46.5. The van der Waals surface area contributed by atoms with Crippen LogP contribution in [0.2, 0.25) is 0 Å². The van der Waals surface area contributed by atoms with Gasteiger partial charge >= 0.3 is 22.4 Å². The average Bonchev–Trinajstić information content (AvgIpc) is 1.66. The second kappa shape index (κ2) is 22.8. The zero-order chi connectivity index (χ0) is 9.15. The van der Waals surface area contributed by atoms with Crippen molar-refractivity contribution in [3.05, 3.63) is 15.3 Å². The maximum absolute atomic E-state index is 8.89. The van der Waals surface area contributed by atoms with Crippen LogP contribution >= 0.6 is 0 Å². The second-order valence-electron chi connectivity index (χ2n) is 0.715. The van der Waals surface area contributed by atoms with Crippen molar-refractivity contribution >= 4 is 5.97 Å². The molecule has 0 aromatic carbocycles. The van der Waals surface area contributed by atoms with E-state index >= 15 is 0 Å². The first kappa shape index (κ1) is 22.4. The van der Waals surface area contributed by atoms with Crippen molar-refractivity contribution in [2.75, 3.05) is 0 Å². The van der Waals surface area contributed by atoms with Crippen LogP contribution in [0.15, 0.2) is 0 Å². The van der Waals surface area contributed by atoms with Crippen LogP contribution in [0.25, 0.3) is 0 Å². The Morgan fingerprint density at radius 3 is 1.36 bits per heavy atom. The minimum Gasteiger partial charge on any atom is -0.550 e. The van der Waals surface area contributed by atoms with Gasteiger partial charge in [0, 0.05) is 5.97 Å². The number of carboxylic acids is 1. The summed E-state index contributed by atoms with van der Waals surface area (Å²) in [6.07, 6.45) is 0. The third-order valence-corrected chi connectivity index (χ3v) is 0. The van der Waals surface area contributed by atoms with Crippen LogP contribution in [0.1, 0.15) is 6.92 Å². The zero-order valence-electron chi connectivity index (χ0n) is 5.44. The topological polar surface area (TPSA) is 158 Å². The molecule has 4 N–H and O–H groups in total. The molecule has 0 heterocycles. The van der Waals surface area contributed by atoms with Gasteiger partial charge in [0.2, 0.25) is 0 Å². The molecule has 71 valence electrons. The van der Waals surface area contributed by atoms with Crippen LogP contribution in [0.3, 0.4) is 0 Å². The molecule has 0 saturated heterocycles. The van der Waals surface area contributed by atoms with Gasteiger partial charge in [-0.3, -0.25) is 11.7 Å². The molecule has 0 fully saturated rings. The fraction of sp³-hybridized carbons (Fsp3) is 0.500. The Morgan fingerprint density at radius 2 is 1.36 bits per heavy atom. The van der Waals surface area contributed by atoms with E-state index in [1.165, 1.54) is 0 Å². The molecule has 8 nitrogen and oxygen atoms in total. The van der Waals surface area contributed by atoms with Crippen molar-refractivity contribution in [2.45, 2.75) is 6.92 Å². The van der Waals surface area contributed by atoms with Gasteiger partial charge in [0.1, 0.15) is 0 Å². The normalized spacial score (nSPS) is 5.00. The fourth-order valence-corrected chi connectivity index (χ4v) is 0. The van der Waals surface area contributed by atoms with Crippen molar-refractivity contribution in [1.82, 2.24) is 0 Å². The van der Waals surface area contributed by atoms with E-state index in [1.54, 1.807) is 0 Å². The first-order valence-corrected chi connectivity index (χ1v) is 1.79. The van der Waals surface area contributed by atoms with E-state index in [1.807, 2.05) is 0 Å². The van der Waals surface area contributed by atoms with E-state index in [2.05, 4.69) is 11.7 Å². The summed E-state index contributed by atoms with van der Waals surface area (Å²) in [5, 5.41) is 23.6. The van der Waals surface area contributed by atoms with Crippen molar-refractivity contribution < 1.29 is 37.4 Å². The maximum atomic E-state index is 8.89. The molecular weight excluding hydrogens is 254 g/mol. The molecule has 0 spiro atoms. The molecule has 11 heavy (non-hydrogen) atoms. The van der Waals surface area contributed by atoms with Crippen molar-refractivity contribution in [3.63, 3.8) is 0 Å². The summed E-state index contributed by atoms with van der Waals surface area (Å²) < 4.78 is 0. The molecule has 0 rings (SSSR count). The van der Waals surface area contributed by atoms with Gasteiger partial charge in [0.05, 0.1) is 5.09 Å². The van der Waals surface area contributed by atoms with E-state index in [4.69, 9.17) is 25.2 Å². The van der Waals surface area contributed by atoms with Gasteiger partial charge in [-0.15, -0.1) is 0 Å². The number of carbonyl (C=O) groups excluding carboxylic acids is 1. The first-order valence-electron chi connectivity index (χ1n) is 1.79. The molecule has 0 aliphatic rings. The van der Waals surface area contributed by atoms with Crippen molar-refractivity contribution in [2.24, 2.45) is 11.7 Å². The molecule has 0 saturated carbocycles. The predicted octanol–water partition coefficient (Wildman–Crippen LogP) is -2.67. The molecule has 0 bridgehead atoms. The van der Waals surface area contributed by atoms with Crippen molar-refractivity contribution in [1.29, 1.82) is 0 Å². The zero-order valence-corrected chi connectivity index (χ0v) is 6.93. The van der Waals surface area contributed by atoms with E-state index in [0.717, 1.165) is 6.92 Å². The number of aliphatic carboxylic acids is 1. The number of hydrogen-bond donors (Lipinski definition) is 2. The first-order chi connectivity index (χ1) is 4.46. The summed E-state index contributed by atoms with van der Waals surface area (Å²) in [6.45, 7) is 0.972. The number of carboxylic acid groups (broad SMARTS) is 1. The van der Waals surface area contributed by atoms with Gasteiger partial charge in [0.15, 0.2) is 0 Å². The van der Waals surface area contributed by atoms with E-state index in [0.29, 0.717) is 0 Å². The van der Waals surface area contributed by atoms with E-state index < -0.39 is 11.1 Å². The average molecular weight is 261 g/mol. The monoisotopic (exact) mass is 260 g/mol. The minimum absolute atomic E-state index is 0. The number of nitrogens with zero attached hydrogens (tertiary/aromatic N) is 1. The summed E-state index contributed by atoms with van der Waals surface area (Å²) in [7, 11) is 0. The Morgan fingerprint density at radius 1 is 1.36 bits per heavy atom. The summed E-state index contributed by atoms with van der Waals surface area (Å²) in [5.74, 6) is 6.92. The Labute approximate surface area is 77.8 Å². The van der Waals surface area contributed by atoms with Crippen molar-refractivity contribution in [3.8, 4) is 0 Å². The fourth-order valence-electron chi connectivity index (χ4n) is 0. The minimum atomic E-state index is -1.75. The Balaban J connectivity index is -0.0000000339. The maximum Gasteiger partial charge on any atom is 2.00 e. The number of nitrogens with two attached hydrogens (primary N) is 2. The summed E-state index contributed by atoms with van der Waals surface area (Å²) in [5.41, 5.74) is 0. The van der Waals surface area contributed by atoms with Gasteiger partial charge in [0.25, 0.3) is 0 Å². The molecule has 0 aromatic rings. The standard InChI is InChI=1S/C2H4O2.Ag.H4N2.NO3/c1-2(3)4;;1-2;2-1(3)4/h1H3,(H,3,4);;1-2H2;/q;+2;;-1/p-1. The Bertz CT molecular complexity index is 77.7. The van der Waals surface area contributed by atoms with Crippen LogP contribution in [0, 0.1) is 15.3 Å². The number of hydrogen-bond acceptors (Lipinski definition) is 7. The summed E-state index contributed by atoms with van der Waals surface area (Å²) >= 11 is 0. The molecule has 1 radical (unpaired) electrons. The number of hydrazine groups is 1. The predicted molar refractivity (Wildman–Crippen MR) is 29.4 cm³/mol. The SMILES string of the molecule is CC(=O)[O-].NN.O=[N+]([O-])[O-].[Ag+2]. The quantitative estimate of drug-likeness (QED) is 0.208. The molecule has 0 amide bonds. The Hall–Kier alpha value is -0.670. The summed E-state index contributed by atoms with van der Waals surface area (Å²) in [4.78, 5) is 17.1. The van der Waals surface area contributed by atoms with Gasteiger partial charge in [-0.2, -0.15) is 0 Å². The van der Waals surface area contributed by atoms with Gasteiger partial charge < -0.3 is 25.2 Å². The molecule has 0 aromatic heterocycles. The molecule has 9 heteroatoms. The largest absolute Gasteiger partial charge is 2.00 e. The smallest absolute Gasteiger partial charge is 0.550 e. The molecule has 0 aliphatic heterocycles. The van der Waals surface area contributed by atoms with Gasteiger partial charge in [-0.1, -0.05) is 0 Å². The molecule has 0 aliphatic carbocycles. The van der Waals surface area contributed by atoms with Gasteiger partial charge in [-0.25, -0.2) is 0 Å². The molecular formula is C2H7AgN3O5. The van der Waals surface area contributed by atoms with Gasteiger partial charge in [-0.05, 0) is 6.92 Å². The van der Waals surface area contributed by atoms with Crippen LogP contribution in [-0.2, 0) is 27.2 Å². The number of rotatable bonds is 0. The third-order valence-electron chi connectivity index (χ3n) is 0. The molecule has 0 atom stereocenters. The van der Waals surface area contributed by atoms with Crippen LogP contribution in [0.4, 0.5) is 0 Å². The number of carbonyl (C=O) groups is 1. The van der Waals surface area contributed by atoms with Crippen LogP contribution in [-0.4, -0.2) is 11.1 Å². The summed E-state index contributed by atoms with van der Waals surface area (Å²) in [6, 6.07) is 0. The van der Waals surface area contributed by atoms with Crippen LogP contribution in [0.5, 0.6) is 0 Å². The van der Waals surface area contributed by atoms with Crippen LogP contribution < -0.4 is 16.8 Å². The van der Waals surface area contributed by atoms with E-state index in [9.17, 15) is 0 Å². The third kappa shape index (κ3) is 1120. The van der Waals surface area contributed by atoms with E-state index in [-0.39, 0.29) is 22.4 Å². The second-order valence-corrected chi connectivity index (χ2v) is 0.715.